The minimum absolute atomic E-state index is 0.0347. The Morgan fingerprint density at radius 2 is 1.79 bits per heavy atom. The number of nitrogens with zero attached hydrogens (tertiary/aromatic N) is 4. The van der Waals surface area contributed by atoms with E-state index in [0.717, 1.165) is 12.1 Å². The molecule has 0 radical (unpaired) electrons. The number of amides is 1. The standard InChI is InChI=1S/C26H23F4N7O/c1-3-32-25(36-23(16(2)27)17-7-9-18(10-8-17)24(31)38)37-34-15-21-11-12-22(14-33-21)35-20-6-4-5-19(13-20)26(28,29)30/h3-16,35H,1H2,2H3,(H2,31,38)(H,32,37)/b34-15+,36-23+. The molecule has 0 aliphatic heterocycles. The Hall–Kier alpha value is -4.87. The number of hydrogen-bond donors (Lipinski definition) is 3. The number of anilines is 2. The highest BCUT2D eigenvalue weighted by Gasteiger charge is 2.30. The molecule has 0 aliphatic carbocycles. The first-order valence-electron chi connectivity index (χ1n) is 11.1. The summed E-state index contributed by atoms with van der Waals surface area (Å²) < 4.78 is 53.0. The van der Waals surface area contributed by atoms with E-state index >= 15 is 0 Å². The molecule has 1 heterocycles. The van der Waals surface area contributed by atoms with Crippen LogP contribution in [0.15, 0.2) is 94.7 Å². The van der Waals surface area contributed by atoms with Crippen LogP contribution in [0.4, 0.5) is 28.9 Å². The van der Waals surface area contributed by atoms with Crippen LogP contribution in [0.3, 0.4) is 0 Å². The summed E-state index contributed by atoms with van der Waals surface area (Å²) in [6.07, 6.45) is -1.95. The largest absolute Gasteiger partial charge is 0.416 e. The van der Waals surface area contributed by atoms with Gasteiger partial charge in [-0.05, 0) is 55.0 Å². The van der Waals surface area contributed by atoms with E-state index in [4.69, 9.17) is 5.73 Å². The Bertz CT molecular complexity index is 1360. The Balaban J connectivity index is 1.70. The van der Waals surface area contributed by atoms with Crippen molar-refractivity contribution in [1.29, 1.82) is 0 Å². The third kappa shape index (κ3) is 7.82. The lowest BCUT2D eigenvalue weighted by molar-refractivity contribution is -0.137. The van der Waals surface area contributed by atoms with E-state index in [-0.39, 0.29) is 22.9 Å². The first-order valence-corrected chi connectivity index (χ1v) is 11.1. The number of halogens is 4. The van der Waals surface area contributed by atoms with Gasteiger partial charge in [-0.1, -0.05) is 24.8 Å². The zero-order valence-electron chi connectivity index (χ0n) is 20.1. The third-order valence-corrected chi connectivity index (χ3v) is 4.91. The van der Waals surface area contributed by atoms with Crippen molar-refractivity contribution in [2.75, 3.05) is 5.32 Å². The van der Waals surface area contributed by atoms with Crippen molar-refractivity contribution in [2.45, 2.75) is 19.3 Å². The first kappa shape index (κ1) is 27.7. The maximum atomic E-state index is 14.3. The Morgan fingerprint density at radius 1 is 1.08 bits per heavy atom. The molecule has 0 aliphatic rings. The van der Waals surface area contributed by atoms with E-state index in [1.54, 1.807) is 12.1 Å². The molecule has 0 saturated carbocycles. The van der Waals surface area contributed by atoms with Crippen molar-refractivity contribution in [1.82, 2.24) is 10.4 Å². The SMILES string of the molecule is C=CN=C(/N=C(/c1ccc(C(N)=O)cc1)C(C)F)N/N=C/c1ccc(Nc2cccc(C(F)(F)F)c2)cn1. The molecule has 8 nitrogen and oxygen atoms in total. The van der Waals surface area contributed by atoms with Gasteiger partial charge in [-0.3, -0.25) is 9.78 Å². The van der Waals surface area contributed by atoms with Crippen LogP contribution < -0.4 is 16.5 Å². The number of aliphatic imine (C=N–C) groups is 2. The lowest BCUT2D eigenvalue weighted by atomic mass is 10.0. The van der Waals surface area contributed by atoms with E-state index in [1.807, 2.05) is 0 Å². The van der Waals surface area contributed by atoms with Crippen molar-refractivity contribution in [3.05, 3.63) is 102 Å². The van der Waals surface area contributed by atoms with Gasteiger partial charge in [0.05, 0.1) is 35.1 Å². The molecule has 3 rings (SSSR count). The summed E-state index contributed by atoms with van der Waals surface area (Å²) in [6.45, 7) is 4.81. The summed E-state index contributed by atoms with van der Waals surface area (Å²) in [7, 11) is 0. The minimum atomic E-state index is -4.44. The van der Waals surface area contributed by atoms with Crippen LogP contribution in [0, 0.1) is 0 Å². The fourth-order valence-corrected chi connectivity index (χ4v) is 3.12. The third-order valence-electron chi connectivity index (χ3n) is 4.91. The van der Waals surface area contributed by atoms with Gasteiger partial charge in [0.15, 0.2) is 0 Å². The first-order chi connectivity index (χ1) is 18.1. The van der Waals surface area contributed by atoms with Gasteiger partial charge >= 0.3 is 6.18 Å². The molecule has 12 heteroatoms. The van der Waals surface area contributed by atoms with Crippen LogP contribution >= 0.6 is 0 Å². The van der Waals surface area contributed by atoms with Crippen LogP contribution in [0.5, 0.6) is 0 Å². The molecule has 196 valence electrons. The molecule has 1 unspecified atom stereocenters. The number of carbonyl (C=O) groups is 1. The molecule has 1 atom stereocenters. The van der Waals surface area contributed by atoms with Crippen LogP contribution in [0.1, 0.15) is 34.1 Å². The molecule has 1 amide bonds. The van der Waals surface area contributed by atoms with Gasteiger partial charge in [0, 0.05) is 17.5 Å². The minimum Gasteiger partial charge on any atom is -0.366 e. The molecule has 0 bridgehead atoms. The number of rotatable bonds is 8. The van der Waals surface area contributed by atoms with Crippen LogP contribution in [-0.4, -0.2) is 34.9 Å². The van der Waals surface area contributed by atoms with Crippen LogP contribution in [0.2, 0.25) is 0 Å². The van der Waals surface area contributed by atoms with Crippen molar-refractivity contribution in [2.24, 2.45) is 20.8 Å². The molecular weight excluding hydrogens is 502 g/mol. The molecule has 4 N–H and O–H groups in total. The van der Waals surface area contributed by atoms with Gasteiger partial charge in [0.1, 0.15) is 6.17 Å². The number of benzene rings is 2. The highest BCUT2D eigenvalue weighted by Crippen LogP contribution is 2.31. The number of guanidine groups is 1. The quantitative estimate of drug-likeness (QED) is 0.162. The number of hydrazone groups is 1. The second kappa shape index (κ2) is 12.4. The van der Waals surface area contributed by atoms with Gasteiger partial charge in [-0.25, -0.2) is 19.8 Å². The fraction of sp³-hybridized carbons (Fsp3) is 0.115. The number of pyridine rings is 1. The molecule has 0 saturated heterocycles. The Morgan fingerprint density at radius 3 is 2.37 bits per heavy atom. The van der Waals surface area contributed by atoms with Gasteiger partial charge in [0.25, 0.3) is 0 Å². The van der Waals surface area contributed by atoms with Gasteiger partial charge < -0.3 is 11.1 Å². The number of alkyl halides is 4. The average molecular weight is 526 g/mol. The summed E-state index contributed by atoms with van der Waals surface area (Å²) in [4.78, 5) is 23.6. The second-order valence-corrected chi connectivity index (χ2v) is 7.74. The zero-order chi connectivity index (χ0) is 27.7. The van der Waals surface area contributed by atoms with E-state index in [2.05, 4.69) is 37.4 Å². The maximum absolute atomic E-state index is 14.3. The molecule has 1 aromatic heterocycles. The number of primary amides is 1. The van der Waals surface area contributed by atoms with Gasteiger partial charge in [-0.2, -0.15) is 18.3 Å². The zero-order valence-corrected chi connectivity index (χ0v) is 20.1. The number of nitrogens with two attached hydrogens (primary N) is 1. The van der Waals surface area contributed by atoms with E-state index in [9.17, 15) is 22.4 Å². The molecule has 0 fully saturated rings. The second-order valence-electron chi connectivity index (χ2n) is 7.74. The van der Waals surface area contributed by atoms with Gasteiger partial charge in [0.2, 0.25) is 11.9 Å². The normalized spacial score (nSPS) is 13.3. The van der Waals surface area contributed by atoms with Crippen LogP contribution in [-0.2, 0) is 6.18 Å². The Labute approximate surface area is 215 Å². The van der Waals surface area contributed by atoms with E-state index in [0.29, 0.717) is 16.9 Å². The van der Waals surface area contributed by atoms with Crippen molar-refractivity contribution in [3.63, 3.8) is 0 Å². The topological polar surface area (TPSA) is 117 Å². The van der Waals surface area contributed by atoms with E-state index < -0.39 is 23.8 Å². The summed E-state index contributed by atoms with van der Waals surface area (Å²) in [5.74, 6) is -0.668. The van der Waals surface area contributed by atoms with Crippen LogP contribution in [0.25, 0.3) is 0 Å². The molecule has 0 spiro atoms. The lowest BCUT2D eigenvalue weighted by Crippen LogP contribution is -2.22. The lowest BCUT2D eigenvalue weighted by Gasteiger charge is -2.10. The average Bonchev–Trinajstić information content (AvgIpc) is 2.88. The maximum Gasteiger partial charge on any atom is 0.416 e. The molecule has 2 aromatic carbocycles. The summed E-state index contributed by atoms with van der Waals surface area (Å²) in [5, 5.41) is 6.86. The molecule has 38 heavy (non-hydrogen) atoms. The summed E-state index contributed by atoms with van der Waals surface area (Å²) >= 11 is 0. The molecular formula is C26H23F4N7O. The summed E-state index contributed by atoms with van der Waals surface area (Å²) in [5.41, 5.74) is 8.92. The number of aromatic nitrogens is 1. The predicted molar refractivity (Wildman–Crippen MR) is 139 cm³/mol. The molecule has 3 aromatic rings. The monoisotopic (exact) mass is 525 g/mol. The van der Waals surface area contributed by atoms with Crippen molar-refractivity contribution < 1.29 is 22.4 Å². The number of nitrogens with one attached hydrogen (secondary N) is 2. The fourth-order valence-electron chi connectivity index (χ4n) is 3.12. The van der Waals surface area contributed by atoms with Crippen molar-refractivity contribution in [3.8, 4) is 0 Å². The number of carbonyl (C=O) groups excluding carboxylic acids is 1. The summed E-state index contributed by atoms with van der Waals surface area (Å²) in [6, 6.07) is 14.0. The highest BCUT2D eigenvalue weighted by molar-refractivity contribution is 6.10. The van der Waals surface area contributed by atoms with Crippen molar-refractivity contribution >= 4 is 35.2 Å². The highest BCUT2D eigenvalue weighted by atomic mass is 19.4. The van der Waals surface area contributed by atoms with Gasteiger partial charge in [-0.15, -0.1) is 0 Å². The predicted octanol–water partition coefficient (Wildman–Crippen LogP) is 5.21. The smallest absolute Gasteiger partial charge is 0.366 e. The number of hydrogen-bond acceptors (Lipinski definition) is 5. The Kier molecular flexibility index (Phi) is 9.04. The van der Waals surface area contributed by atoms with E-state index in [1.165, 1.54) is 61.9 Å².